The summed E-state index contributed by atoms with van der Waals surface area (Å²) in [6.45, 7) is 5.69. The van der Waals surface area contributed by atoms with Crippen molar-refractivity contribution in [2.75, 3.05) is 32.8 Å². The number of hydrogen-bond acceptors (Lipinski definition) is 4. The maximum atomic E-state index is 12.8. The first-order valence-electron chi connectivity index (χ1n) is 13.6. The zero-order valence-corrected chi connectivity index (χ0v) is 22.4. The third-order valence-corrected chi connectivity index (χ3v) is 8.61. The maximum absolute atomic E-state index is 12.8. The van der Waals surface area contributed by atoms with Crippen LogP contribution in [0.1, 0.15) is 43.2 Å². The van der Waals surface area contributed by atoms with E-state index in [1.165, 1.54) is 54.7 Å². The predicted octanol–water partition coefficient (Wildman–Crippen LogP) is 8.16. The van der Waals surface area contributed by atoms with E-state index in [1.54, 1.807) is 0 Å². The van der Waals surface area contributed by atoms with E-state index in [2.05, 4.69) is 45.6 Å². The fourth-order valence-corrected chi connectivity index (χ4v) is 6.11. The molecule has 0 amide bonds. The summed E-state index contributed by atoms with van der Waals surface area (Å²) in [4.78, 5) is 3.69. The lowest BCUT2D eigenvalue weighted by Crippen LogP contribution is -2.42. The number of benzene rings is 3. The molecule has 2 aliphatic rings. The highest BCUT2D eigenvalue weighted by Gasteiger charge is 2.30. The van der Waals surface area contributed by atoms with Crippen molar-refractivity contribution in [3.8, 4) is 16.9 Å². The molecule has 2 fully saturated rings. The summed E-state index contributed by atoms with van der Waals surface area (Å²) in [5.41, 5.74) is 2.31. The molecule has 1 aliphatic heterocycles. The minimum absolute atomic E-state index is 0.619. The van der Waals surface area contributed by atoms with Crippen molar-refractivity contribution >= 4 is 11.9 Å². The first-order chi connectivity index (χ1) is 18.4. The third-order valence-electron chi connectivity index (χ3n) is 7.51. The number of nitrogens with zero attached hydrogens (tertiary/aromatic N) is 2. The van der Waals surface area contributed by atoms with Gasteiger partial charge in [0.05, 0.1) is 12.2 Å². The van der Waals surface area contributed by atoms with Crippen LogP contribution in [0, 0.1) is 5.92 Å². The maximum Gasteiger partial charge on any atom is 0.416 e. The summed E-state index contributed by atoms with van der Waals surface area (Å²) >= 11 is 1.81. The Labute approximate surface area is 228 Å². The Morgan fingerprint density at radius 3 is 1.95 bits per heavy atom. The fourth-order valence-electron chi connectivity index (χ4n) is 5.21. The zero-order valence-electron chi connectivity index (χ0n) is 21.6. The van der Waals surface area contributed by atoms with Crippen molar-refractivity contribution in [3.63, 3.8) is 0 Å². The van der Waals surface area contributed by atoms with E-state index in [0.29, 0.717) is 5.92 Å². The molecule has 1 saturated carbocycles. The van der Waals surface area contributed by atoms with Crippen LogP contribution in [0.25, 0.3) is 11.1 Å². The molecule has 3 aromatic carbocycles. The van der Waals surface area contributed by atoms with Crippen molar-refractivity contribution in [1.82, 2.24) is 9.21 Å². The number of rotatable bonds is 8. The Hall–Kier alpha value is -2.48. The van der Waals surface area contributed by atoms with Gasteiger partial charge in [0.1, 0.15) is 5.75 Å². The number of piperazine rings is 1. The van der Waals surface area contributed by atoms with Crippen LogP contribution < -0.4 is 4.74 Å². The van der Waals surface area contributed by atoms with Gasteiger partial charge in [0.15, 0.2) is 0 Å². The van der Waals surface area contributed by atoms with Crippen LogP contribution in [-0.2, 0) is 12.7 Å². The minimum atomic E-state index is -4.31. The van der Waals surface area contributed by atoms with Gasteiger partial charge in [-0.25, -0.2) is 4.31 Å². The van der Waals surface area contributed by atoms with Gasteiger partial charge in [-0.3, -0.25) is 4.90 Å². The highest BCUT2D eigenvalue weighted by Crippen LogP contribution is 2.31. The molecule has 0 radical (unpaired) electrons. The molecule has 202 valence electrons. The largest absolute Gasteiger partial charge is 0.493 e. The first-order valence-corrected chi connectivity index (χ1v) is 14.3. The molecular weight excluding hydrogens is 505 g/mol. The average molecular weight is 541 g/mol. The molecule has 3 nitrogen and oxygen atoms in total. The fraction of sp³-hybridized carbons (Fsp3) is 0.419. The molecule has 5 rings (SSSR count). The van der Waals surface area contributed by atoms with Gasteiger partial charge in [0.25, 0.3) is 0 Å². The zero-order chi connectivity index (χ0) is 26.4. The van der Waals surface area contributed by atoms with Crippen LogP contribution in [0.15, 0.2) is 77.7 Å². The molecule has 1 saturated heterocycles. The Morgan fingerprint density at radius 1 is 0.737 bits per heavy atom. The first kappa shape index (κ1) is 27.1. The summed E-state index contributed by atoms with van der Waals surface area (Å²) in [6.07, 6.45) is 2.35. The molecule has 0 N–H and O–H groups in total. The summed E-state index contributed by atoms with van der Waals surface area (Å²) in [5.74, 6) is 1.68. The lowest BCUT2D eigenvalue weighted by molar-refractivity contribution is -0.137. The van der Waals surface area contributed by atoms with Gasteiger partial charge in [-0.15, -0.1) is 0 Å². The second-order valence-electron chi connectivity index (χ2n) is 10.4. The van der Waals surface area contributed by atoms with Gasteiger partial charge in [-0.05, 0) is 83.8 Å². The molecule has 38 heavy (non-hydrogen) atoms. The summed E-state index contributed by atoms with van der Waals surface area (Å²) in [5, 5.41) is 0. The molecule has 1 aliphatic carbocycles. The molecular formula is C31H35F3N2OS. The lowest BCUT2D eigenvalue weighted by atomic mass is 9.90. The van der Waals surface area contributed by atoms with Crippen molar-refractivity contribution in [3.05, 3.63) is 83.9 Å². The van der Waals surface area contributed by atoms with Crippen LogP contribution in [0.3, 0.4) is 0 Å². The van der Waals surface area contributed by atoms with Crippen molar-refractivity contribution in [2.24, 2.45) is 5.92 Å². The van der Waals surface area contributed by atoms with Gasteiger partial charge in [-0.1, -0.05) is 55.7 Å². The van der Waals surface area contributed by atoms with Gasteiger partial charge in [-0.2, -0.15) is 13.2 Å². The van der Waals surface area contributed by atoms with E-state index in [1.807, 2.05) is 24.1 Å². The van der Waals surface area contributed by atoms with Crippen molar-refractivity contribution in [1.29, 1.82) is 0 Å². The second kappa shape index (κ2) is 12.6. The van der Waals surface area contributed by atoms with E-state index in [0.717, 1.165) is 68.3 Å². The number of ether oxygens (including phenoxy) is 1. The van der Waals surface area contributed by atoms with E-state index < -0.39 is 11.7 Å². The molecule has 0 unspecified atom stereocenters. The van der Waals surface area contributed by atoms with E-state index in [4.69, 9.17) is 4.74 Å². The predicted molar refractivity (Wildman–Crippen MR) is 148 cm³/mol. The Bertz CT molecular complexity index is 1140. The Morgan fingerprint density at radius 2 is 1.34 bits per heavy atom. The average Bonchev–Trinajstić information content (AvgIpc) is 2.94. The quantitative estimate of drug-likeness (QED) is 0.268. The van der Waals surface area contributed by atoms with Crippen LogP contribution in [0.4, 0.5) is 13.2 Å². The monoisotopic (exact) mass is 540 g/mol. The normalized spacial score (nSPS) is 18.0. The number of halogens is 3. The van der Waals surface area contributed by atoms with Gasteiger partial charge in [0, 0.05) is 37.6 Å². The standard InChI is InChI=1S/C31H35F3N2OS/c32-31(33,34)28-12-10-27(11-13-28)26-8-6-24(7-9-26)22-35-18-20-36(21-19-35)38-30-16-14-29(15-17-30)37-23-25-4-2-1-3-5-25/h6-17,25H,1-5,18-23H2. The number of hydrogen-bond donors (Lipinski definition) is 0. The van der Waals surface area contributed by atoms with Gasteiger partial charge >= 0.3 is 6.18 Å². The summed E-state index contributed by atoms with van der Waals surface area (Å²) in [6, 6.07) is 22.0. The Kier molecular flexibility index (Phi) is 8.97. The molecule has 3 aromatic rings. The van der Waals surface area contributed by atoms with Gasteiger partial charge < -0.3 is 4.74 Å². The van der Waals surface area contributed by atoms with Crippen molar-refractivity contribution in [2.45, 2.75) is 49.7 Å². The van der Waals surface area contributed by atoms with Crippen LogP contribution in [-0.4, -0.2) is 42.0 Å². The third kappa shape index (κ3) is 7.55. The molecule has 0 spiro atoms. The molecule has 1 heterocycles. The smallest absolute Gasteiger partial charge is 0.416 e. The highest BCUT2D eigenvalue weighted by molar-refractivity contribution is 7.97. The van der Waals surface area contributed by atoms with Crippen LogP contribution in [0.5, 0.6) is 5.75 Å². The second-order valence-corrected chi connectivity index (χ2v) is 11.5. The molecule has 7 heteroatoms. The topological polar surface area (TPSA) is 15.7 Å². The highest BCUT2D eigenvalue weighted by atomic mass is 32.2. The number of alkyl halides is 3. The van der Waals surface area contributed by atoms with Crippen LogP contribution >= 0.6 is 11.9 Å². The SMILES string of the molecule is FC(F)(F)c1ccc(-c2ccc(CN3CCN(Sc4ccc(OCC5CCCCC5)cc4)CC3)cc2)cc1. The summed E-state index contributed by atoms with van der Waals surface area (Å²) in [7, 11) is 0. The molecule has 0 aromatic heterocycles. The van der Waals surface area contributed by atoms with Crippen molar-refractivity contribution < 1.29 is 17.9 Å². The Balaban J connectivity index is 1.05. The van der Waals surface area contributed by atoms with E-state index in [-0.39, 0.29) is 0 Å². The minimum Gasteiger partial charge on any atom is -0.493 e. The molecule has 0 bridgehead atoms. The lowest BCUT2D eigenvalue weighted by Gasteiger charge is -2.33. The van der Waals surface area contributed by atoms with E-state index in [9.17, 15) is 13.2 Å². The van der Waals surface area contributed by atoms with E-state index >= 15 is 0 Å². The molecule has 0 atom stereocenters. The van der Waals surface area contributed by atoms with Gasteiger partial charge in [0.2, 0.25) is 0 Å². The summed E-state index contributed by atoms with van der Waals surface area (Å²) < 4.78 is 46.9. The van der Waals surface area contributed by atoms with Crippen LogP contribution in [0.2, 0.25) is 0 Å².